The van der Waals surface area contributed by atoms with Gasteiger partial charge in [0, 0.05) is 0 Å². The second-order valence-electron chi connectivity index (χ2n) is 13.8. The highest BCUT2D eigenvalue weighted by atomic mass is 14.6. The molecule has 0 N–H and O–H groups in total. The van der Waals surface area contributed by atoms with Crippen molar-refractivity contribution in [2.24, 2.45) is 51.2 Å². The first-order valence-corrected chi connectivity index (χ1v) is 12.8. The molecule has 0 aromatic heterocycles. The van der Waals surface area contributed by atoms with Crippen molar-refractivity contribution in [3.8, 4) is 0 Å². The first-order valence-electron chi connectivity index (χ1n) is 12.8. The molecule has 4 aliphatic carbocycles. The number of hydrogen-bond acceptors (Lipinski definition) is 0. The Kier molecular flexibility index (Phi) is 6.16. The van der Waals surface area contributed by atoms with Crippen molar-refractivity contribution in [2.75, 3.05) is 0 Å². The summed E-state index contributed by atoms with van der Waals surface area (Å²) in [5.74, 6) is 4.91. The van der Waals surface area contributed by atoms with Crippen LogP contribution < -0.4 is 0 Å². The molecule has 0 radical (unpaired) electrons. The van der Waals surface area contributed by atoms with Gasteiger partial charge in [0.05, 0.1) is 0 Å². The van der Waals surface area contributed by atoms with Gasteiger partial charge in [0.1, 0.15) is 0 Å². The Morgan fingerprint density at radius 2 is 0.750 bits per heavy atom. The molecule has 0 heterocycles. The number of fused-ring (bicyclic) bond motifs is 2. The summed E-state index contributed by atoms with van der Waals surface area (Å²) >= 11 is 0. The summed E-state index contributed by atoms with van der Waals surface area (Å²) < 4.78 is 0. The third kappa shape index (κ3) is 3.85. The van der Waals surface area contributed by atoms with Gasteiger partial charge in [-0.15, -0.1) is 0 Å². The van der Waals surface area contributed by atoms with E-state index in [2.05, 4.69) is 62.3 Å². The van der Waals surface area contributed by atoms with Gasteiger partial charge in [-0.05, 0) is 89.8 Å². The Hall–Kier alpha value is 0. The van der Waals surface area contributed by atoms with E-state index in [4.69, 9.17) is 0 Å². The molecule has 164 valence electrons. The van der Waals surface area contributed by atoms with Gasteiger partial charge in [-0.1, -0.05) is 88.0 Å². The van der Waals surface area contributed by atoms with E-state index in [-0.39, 0.29) is 0 Å². The number of hydrogen-bond donors (Lipinski definition) is 0. The standard InChI is InChI=1S/2C14H26/c1-10-13(2,3)11-8-6-7-9-12(11)14(10,4)5;1-13(2)9-10-14(3,4)12-8-6-5-7-11(12)13/h10-12H,6-9H2,1-5H3;11-12H,5-10H2,1-4H3. The van der Waals surface area contributed by atoms with Crippen molar-refractivity contribution >= 4 is 0 Å². The molecule has 0 amide bonds. The molecule has 4 atom stereocenters. The van der Waals surface area contributed by atoms with Crippen LogP contribution in [0.1, 0.15) is 127 Å². The van der Waals surface area contributed by atoms with Gasteiger partial charge in [0.25, 0.3) is 0 Å². The van der Waals surface area contributed by atoms with Gasteiger partial charge >= 0.3 is 0 Å². The van der Waals surface area contributed by atoms with Crippen molar-refractivity contribution in [3.05, 3.63) is 0 Å². The average molecular weight is 389 g/mol. The summed E-state index contributed by atoms with van der Waals surface area (Å²) in [6.45, 7) is 22.5. The predicted molar refractivity (Wildman–Crippen MR) is 124 cm³/mol. The van der Waals surface area contributed by atoms with E-state index in [1.807, 2.05) is 0 Å². The molecule has 0 spiro atoms. The molecule has 0 aromatic carbocycles. The normalized spacial score (nSPS) is 42.5. The predicted octanol–water partition coefficient (Wildman–Crippen LogP) is 9.13. The van der Waals surface area contributed by atoms with E-state index in [9.17, 15) is 0 Å². The molecule has 4 rings (SSSR count). The minimum Gasteiger partial charge on any atom is -0.0615 e. The van der Waals surface area contributed by atoms with Gasteiger partial charge in [-0.2, -0.15) is 0 Å². The largest absolute Gasteiger partial charge is 0.0615 e. The summed E-state index contributed by atoms with van der Waals surface area (Å²) in [5.41, 5.74) is 2.41. The maximum absolute atomic E-state index is 2.51. The smallest absolute Gasteiger partial charge is 0.0292 e. The molecule has 4 saturated carbocycles. The maximum Gasteiger partial charge on any atom is -0.0292 e. The molecule has 4 unspecified atom stereocenters. The topological polar surface area (TPSA) is 0 Å². The first-order chi connectivity index (χ1) is 12.8. The lowest BCUT2D eigenvalue weighted by atomic mass is 9.51. The van der Waals surface area contributed by atoms with E-state index in [0.29, 0.717) is 21.7 Å². The van der Waals surface area contributed by atoms with Crippen LogP contribution in [-0.4, -0.2) is 0 Å². The van der Waals surface area contributed by atoms with Crippen LogP contribution in [0.25, 0.3) is 0 Å². The second kappa shape index (κ2) is 7.60. The SMILES string of the molecule is CC1(C)CCC(C)(C)C2CCCCC21.CC1C(C)(C)C2CCCCC2C1(C)C. The van der Waals surface area contributed by atoms with Crippen LogP contribution in [0.2, 0.25) is 0 Å². The lowest BCUT2D eigenvalue weighted by molar-refractivity contribution is -0.0444. The highest BCUT2D eigenvalue weighted by Crippen LogP contribution is 2.64. The lowest BCUT2D eigenvalue weighted by Crippen LogP contribution is -2.45. The van der Waals surface area contributed by atoms with Crippen LogP contribution in [0.15, 0.2) is 0 Å². The minimum atomic E-state index is 0.578. The molecule has 4 fully saturated rings. The zero-order valence-corrected chi connectivity index (χ0v) is 21.0. The summed E-state index contributed by atoms with van der Waals surface area (Å²) in [5, 5.41) is 0. The Morgan fingerprint density at radius 3 is 1.07 bits per heavy atom. The molecule has 28 heavy (non-hydrogen) atoms. The van der Waals surface area contributed by atoms with E-state index >= 15 is 0 Å². The van der Waals surface area contributed by atoms with Gasteiger partial charge in [0.2, 0.25) is 0 Å². The molecule has 0 heteroatoms. The minimum absolute atomic E-state index is 0.578. The summed E-state index contributed by atoms with van der Waals surface area (Å²) in [6, 6.07) is 0. The summed E-state index contributed by atoms with van der Waals surface area (Å²) in [4.78, 5) is 0. The molecular weight excluding hydrogens is 336 g/mol. The average Bonchev–Trinajstić information content (AvgIpc) is 2.78. The maximum atomic E-state index is 2.51. The zero-order chi connectivity index (χ0) is 21.0. The van der Waals surface area contributed by atoms with Gasteiger partial charge in [-0.25, -0.2) is 0 Å². The van der Waals surface area contributed by atoms with E-state index in [1.54, 1.807) is 0 Å². The number of rotatable bonds is 0. The van der Waals surface area contributed by atoms with Crippen LogP contribution in [0.5, 0.6) is 0 Å². The molecule has 0 aromatic rings. The second-order valence-corrected chi connectivity index (χ2v) is 13.8. The Morgan fingerprint density at radius 1 is 0.464 bits per heavy atom. The van der Waals surface area contributed by atoms with Crippen molar-refractivity contribution in [1.82, 2.24) is 0 Å². The van der Waals surface area contributed by atoms with Crippen molar-refractivity contribution in [1.29, 1.82) is 0 Å². The van der Waals surface area contributed by atoms with Gasteiger partial charge in [-0.3, -0.25) is 0 Å². The third-order valence-corrected chi connectivity index (χ3v) is 11.1. The van der Waals surface area contributed by atoms with Crippen molar-refractivity contribution < 1.29 is 0 Å². The molecule has 4 aliphatic rings. The highest BCUT2D eigenvalue weighted by Gasteiger charge is 2.57. The van der Waals surface area contributed by atoms with Crippen molar-refractivity contribution in [3.63, 3.8) is 0 Å². The van der Waals surface area contributed by atoms with Gasteiger partial charge in [0.15, 0.2) is 0 Å². The third-order valence-electron chi connectivity index (χ3n) is 11.1. The monoisotopic (exact) mass is 388 g/mol. The fourth-order valence-corrected chi connectivity index (χ4v) is 8.53. The van der Waals surface area contributed by atoms with Crippen LogP contribution in [-0.2, 0) is 0 Å². The van der Waals surface area contributed by atoms with Crippen molar-refractivity contribution in [2.45, 2.75) is 127 Å². The Balaban J connectivity index is 0.000000161. The molecule has 0 nitrogen and oxygen atoms in total. The van der Waals surface area contributed by atoms with Crippen LogP contribution in [0.4, 0.5) is 0 Å². The zero-order valence-electron chi connectivity index (χ0n) is 21.0. The molecular formula is C28H52. The molecule has 0 bridgehead atoms. The first kappa shape index (κ1) is 22.7. The molecule has 0 aliphatic heterocycles. The fraction of sp³-hybridized carbons (Fsp3) is 1.00. The Bertz CT molecular complexity index is 474. The lowest BCUT2D eigenvalue weighted by Gasteiger charge is -2.54. The molecule has 0 saturated heterocycles. The van der Waals surface area contributed by atoms with Crippen LogP contribution >= 0.6 is 0 Å². The van der Waals surface area contributed by atoms with Crippen LogP contribution in [0, 0.1) is 51.2 Å². The van der Waals surface area contributed by atoms with Gasteiger partial charge < -0.3 is 0 Å². The van der Waals surface area contributed by atoms with E-state index in [0.717, 1.165) is 29.6 Å². The fourth-order valence-electron chi connectivity index (χ4n) is 8.53. The van der Waals surface area contributed by atoms with Crippen LogP contribution in [0.3, 0.4) is 0 Å². The summed E-state index contributed by atoms with van der Waals surface area (Å²) in [6.07, 6.45) is 14.8. The summed E-state index contributed by atoms with van der Waals surface area (Å²) in [7, 11) is 0. The van der Waals surface area contributed by atoms with E-state index in [1.165, 1.54) is 64.2 Å². The highest BCUT2D eigenvalue weighted by molar-refractivity contribution is 5.05. The Labute approximate surface area is 178 Å². The van der Waals surface area contributed by atoms with E-state index < -0.39 is 0 Å². The quantitative estimate of drug-likeness (QED) is 0.388.